The molecule has 0 amide bonds. The third-order valence-electron chi connectivity index (χ3n) is 4.17. The Morgan fingerprint density at radius 1 is 1.08 bits per heavy atom. The van der Waals surface area contributed by atoms with Crippen LogP contribution in [0.4, 0.5) is 0 Å². The van der Waals surface area contributed by atoms with Crippen molar-refractivity contribution >= 4 is 10.9 Å². The van der Waals surface area contributed by atoms with Crippen LogP contribution in [0.2, 0.25) is 0 Å². The van der Waals surface area contributed by atoms with E-state index in [0.717, 1.165) is 0 Å². The van der Waals surface area contributed by atoms with Crippen molar-refractivity contribution in [3.05, 3.63) is 75.2 Å². The van der Waals surface area contributed by atoms with Crippen molar-refractivity contribution < 1.29 is 4.74 Å². The molecule has 4 rings (SSSR count). The van der Waals surface area contributed by atoms with E-state index in [9.17, 15) is 9.59 Å². The lowest BCUT2D eigenvalue weighted by Crippen LogP contribution is -2.22. The summed E-state index contributed by atoms with van der Waals surface area (Å²) < 4.78 is 7.94. The molecule has 0 atom stereocenters. The van der Waals surface area contributed by atoms with Gasteiger partial charge in [-0.05, 0) is 25.1 Å². The zero-order valence-electron chi connectivity index (χ0n) is 14.1. The molecule has 130 valence electrons. The van der Waals surface area contributed by atoms with Gasteiger partial charge in [0.15, 0.2) is 0 Å². The molecule has 0 saturated heterocycles. The van der Waals surface area contributed by atoms with Gasteiger partial charge < -0.3 is 4.74 Å². The second-order valence-corrected chi connectivity index (χ2v) is 5.69. The maximum Gasteiger partial charge on any atom is 0.283 e. The number of hydrogen-bond acceptors (Lipinski definition) is 5. The number of rotatable bonds is 3. The topological polar surface area (TPSA) is 94.8 Å². The molecule has 0 aliphatic carbocycles. The van der Waals surface area contributed by atoms with E-state index >= 15 is 0 Å². The molecule has 0 aliphatic rings. The first-order valence-corrected chi connectivity index (χ1v) is 7.89. The van der Waals surface area contributed by atoms with Gasteiger partial charge in [-0.15, -0.1) is 0 Å². The van der Waals surface area contributed by atoms with Crippen molar-refractivity contribution in [2.24, 2.45) is 0 Å². The van der Waals surface area contributed by atoms with Gasteiger partial charge in [0.2, 0.25) is 0 Å². The van der Waals surface area contributed by atoms with Gasteiger partial charge in [0.05, 0.1) is 23.7 Å². The third-order valence-corrected chi connectivity index (χ3v) is 4.17. The van der Waals surface area contributed by atoms with E-state index in [-0.39, 0.29) is 17.1 Å². The number of methoxy groups -OCH3 is 1. The summed E-state index contributed by atoms with van der Waals surface area (Å²) in [6.45, 7) is 1.73. The fourth-order valence-corrected chi connectivity index (χ4v) is 2.99. The average molecular weight is 349 g/mol. The van der Waals surface area contributed by atoms with E-state index in [1.165, 1.54) is 15.3 Å². The SMILES string of the molecule is COc1cccc(-n2c(C)c3c(=O)n(-c4ncccn4)[nH]c3cc2=O)c1. The summed E-state index contributed by atoms with van der Waals surface area (Å²) in [6, 6.07) is 10.2. The maximum absolute atomic E-state index is 12.9. The van der Waals surface area contributed by atoms with Crippen molar-refractivity contribution in [3.8, 4) is 17.4 Å². The highest BCUT2D eigenvalue weighted by molar-refractivity contribution is 5.81. The summed E-state index contributed by atoms with van der Waals surface area (Å²) in [7, 11) is 1.56. The highest BCUT2D eigenvalue weighted by Gasteiger charge is 2.17. The second kappa shape index (κ2) is 5.99. The Morgan fingerprint density at radius 2 is 1.85 bits per heavy atom. The first-order valence-electron chi connectivity index (χ1n) is 7.89. The van der Waals surface area contributed by atoms with Crippen LogP contribution in [0.3, 0.4) is 0 Å². The van der Waals surface area contributed by atoms with Gasteiger partial charge in [-0.25, -0.2) is 9.97 Å². The number of nitrogens with zero attached hydrogens (tertiary/aromatic N) is 4. The van der Waals surface area contributed by atoms with E-state index < -0.39 is 0 Å². The minimum atomic E-state index is -0.319. The zero-order chi connectivity index (χ0) is 18.3. The van der Waals surface area contributed by atoms with Crippen LogP contribution < -0.4 is 15.9 Å². The van der Waals surface area contributed by atoms with Crippen molar-refractivity contribution in [2.75, 3.05) is 7.11 Å². The number of fused-ring (bicyclic) bond motifs is 1. The van der Waals surface area contributed by atoms with Gasteiger partial charge in [0, 0.05) is 30.2 Å². The highest BCUT2D eigenvalue weighted by Crippen LogP contribution is 2.19. The van der Waals surface area contributed by atoms with Crippen LogP contribution in [0.5, 0.6) is 5.75 Å². The van der Waals surface area contributed by atoms with Gasteiger partial charge in [-0.1, -0.05) is 6.07 Å². The lowest BCUT2D eigenvalue weighted by atomic mass is 10.2. The number of nitrogens with one attached hydrogen (secondary N) is 1. The molecule has 3 heterocycles. The molecule has 1 N–H and O–H groups in total. The van der Waals surface area contributed by atoms with E-state index in [1.54, 1.807) is 56.8 Å². The molecule has 0 radical (unpaired) electrons. The molecule has 3 aromatic heterocycles. The summed E-state index contributed by atoms with van der Waals surface area (Å²) in [5, 5.41) is 3.31. The van der Waals surface area contributed by atoms with Crippen LogP contribution in [0.1, 0.15) is 5.69 Å². The molecule has 26 heavy (non-hydrogen) atoms. The fraction of sp³-hybridized carbons (Fsp3) is 0.111. The van der Waals surface area contributed by atoms with Gasteiger partial charge in [-0.2, -0.15) is 4.68 Å². The molecular formula is C18H15N5O3. The van der Waals surface area contributed by atoms with Crippen LogP contribution >= 0.6 is 0 Å². The zero-order valence-corrected chi connectivity index (χ0v) is 14.1. The smallest absolute Gasteiger partial charge is 0.283 e. The number of aromatic nitrogens is 5. The summed E-state index contributed by atoms with van der Waals surface area (Å²) >= 11 is 0. The lowest BCUT2D eigenvalue weighted by molar-refractivity contribution is 0.414. The quantitative estimate of drug-likeness (QED) is 0.606. The molecule has 8 nitrogen and oxygen atoms in total. The minimum absolute atomic E-state index is 0.216. The Balaban J connectivity index is 2.01. The maximum atomic E-state index is 12.9. The van der Waals surface area contributed by atoms with Gasteiger partial charge in [0.1, 0.15) is 5.75 Å². The second-order valence-electron chi connectivity index (χ2n) is 5.69. The van der Waals surface area contributed by atoms with E-state index in [4.69, 9.17) is 4.74 Å². The van der Waals surface area contributed by atoms with Crippen molar-refractivity contribution in [1.29, 1.82) is 0 Å². The molecule has 0 spiro atoms. The predicted octanol–water partition coefficient (Wildman–Crippen LogP) is 1.58. The monoisotopic (exact) mass is 349 g/mol. The van der Waals surface area contributed by atoms with Crippen LogP contribution in [0.15, 0.2) is 58.4 Å². The molecule has 0 fully saturated rings. The largest absolute Gasteiger partial charge is 0.497 e. The summed E-state index contributed by atoms with van der Waals surface area (Å²) in [6.07, 6.45) is 3.09. The number of hydrogen-bond donors (Lipinski definition) is 1. The summed E-state index contributed by atoms with van der Waals surface area (Å²) in [4.78, 5) is 33.7. The Hall–Kier alpha value is -3.68. The van der Waals surface area contributed by atoms with Crippen LogP contribution in [0.25, 0.3) is 22.5 Å². The Kier molecular flexibility index (Phi) is 3.65. The first kappa shape index (κ1) is 15.8. The predicted molar refractivity (Wildman–Crippen MR) is 96.4 cm³/mol. The van der Waals surface area contributed by atoms with Gasteiger partial charge in [-0.3, -0.25) is 19.3 Å². The highest BCUT2D eigenvalue weighted by atomic mass is 16.5. The van der Waals surface area contributed by atoms with Gasteiger partial charge in [0.25, 0.3) is 17.1 Å². The Bertz CT molecular complexity index is 1220. The molecular weight excluding hydrogens is 334 g/mol. The van der Waals surface area contributed by atoms with Crippen molar-refractivity contribution in [3.63, 3.8) is 0 Å². The molecule has 4 aromatic rings. The number of aryl methyl sites for hydroxylation is 1. The van der Waals surface area contributed by atoms with Crippen LogP contribution in [0, 0.1) is 6.92 Å². The van der Waals surface area contributed by atoms with Crippen molar-refractivity contribution in [1.82, 2.24) is 24.3 Å². The average Bonchev–Trinajstić information content (AvgIpc) is 2.99. The standard InChI is InChI=1S/C18H15N5O3/c1-11-16-14(21-23(17(16)25)18-19-7-4-8-20-18)10-15(24)22(11)12-5-3-6-13(9-12)26-2/h3-10,21H,1-2H3. The van der Waals surface area contributed by atoms with Crippen molar-refractivity contribution in [2.45, 2.75) is 6.92 Å². The summed E-state index contributed by atoms with van der Waals surface area (Å²) in [5.41, 5.74) is 1.00. The molecule has 1 aromatic carbocycles. The Labute approximate surface area is 147 Å². The van der Waals surface area contributed by atoms with Crippen LogP contribution in [-0.2, 0) is 0 Å². The van der Waals surface area contributed by atoms with E-state index in [2.05, 4.69) is 15.1 Å². The lowest BCUT2D eigenvalue weighted by Gasteiger charge is -2.11. The third kappa shape index (κ3) is 2.39. The number of H-pyrrole nitrogens is 1. The van der Waals surface area contributed by atoms with E-state index in [0.29, 0.717) is 28.0 Å². The summed E-state index contributed by atoms with van der Waals surface area (Å²) in [5.74, 6) is 0.839. The Morgan fingerprint density at radius 3 is 2.58 bits per heavy atom. The first-order chi connectivity index (χ1) is 12.6. The van der Waals surface area contributed by atoms with Crippen LogP contribution in [-0.4, -0.2) is 31.4 Å². The number of aromatic amines is 1. The number of benzene rings is 1. The molecule has 0 saturated carbocycles. The molecule has 0 bridgehead atoms. The molecule has 0 unspecified atom stereocenters. The van der Waals surface area contributed by atoms with E-state index in [1.807, 2.05) is 0 Å². The molecule has 0 aliphatic heterocycles. The number of ether oxygens (including phenoxy) is 1. The normalized spacial score (nSPS) is 11.0. The van der Waals surface area contributed by atoms with Gasteiger partial charge >= 0.3 is 0 Å². The molecule has 8 heteroatoms. The fourth-order valence-electron chi connectivity index (χ4n) is 2.99. The minimum Gasteiger partial charge on any atom is -0.497 e. The number of pyridine rings is 1.